The van der Waals surface area contributed by atoms with E-state index in [1.165, 1.54) is 0 Å². The Morgan fingerprint density at radius 1 is 0.244 bits per heavy atom. The molecule has 0 fully saturated rings. The summed E-state index contributed by atoms with van der Waals surface area (Å²) in [4.78, 5) is 0. The molecule has 0 saturated carbocycles. The van der Waals surface area contributed by atoms with Gasteiger partial charge in [0, 0.05) is 62.3 Å². The van der Waals surface area contributed by atoms with Gasteiger partial charge in [-0.25, -0.2) is 0 Å². The molecular weight excluding hydrogens is 1010 g/mol. The highest BCUT2D eigenvalue weighted by molar-refractivity contribution is 4.69. The zero-order valence-electron chi connectivity index (χ0n) is 51.1. The molecule has 0 heterocycles. The maximum atomic E-state index is 6.34. The van der Waals surface area contributed by atoms with Gasteiger partial charge in [-0.1, -0.05) is 68.7 Å². The average molecular weight is 1130 g/mol. The van der Waals surface area contributed by atoms with E-state index >= 15 is 0 Å². The highest BCUT2D eigenvalue weighted by Crippen LogP contribution is 2.12. The molecular formula is C57H125N7O14. The van der Waals surface area contributed by atoms with Gasteiger partial charge in [0.15, 0.2) is 0 Å². The first-order valence-corrected chi connectivity index (χ1v) is 30.3. The Balaban J connectivity index is 0. The van der Waals surface area contributed by atoms with Crippen molar-refractivity contribution in [2.24, 2.45) is 52.0 Å². The van der Waals surface area contributed by atoms with Crippen molar-refractivity contribution in [3.05, 3.63) is 0 Å². The van der Waals surface area contributed by atoms with Crippen LogP contribution in [0, 0.1) is 11.8 Å². The predicted octanol–water partition coefficient (Wildman–Crippen LogP) is 4.30. The molecule has 0 aromatic heterocycles. The van der Waals surface area contributed by atoms with E-state index in [4.69, 9.17) is 106 Å². The van der Waals surface area contributed by atoms with Gasteiger partial charge in [-0.3, -0.25) is 0 Å². The minimum absolute atomic E-state index is 0.0109. The standard InChI is InChI=1S/C35H75N3O9.C22H50N4O5/c1-6-11-16-44-32(9-4)24-42-27-35(47-29-33(10-5)45-17-12-13-36)28-43-26-34(46-23-31(8-3)21-40-19-15-38)25-41-22-30(7-2)20-39-18-14-37;1-5-17(23)9-27-13-21(30-11-19(25)7-3)15-29-16-22(31-12-20(26)8-4)14-28-10-18(24)6-2/h30-35H,6-29,36-38H2,1-5H3;17-22H,5-16,23-26H2,1-4H3. The van der Waals surface area contributed by atoms with E-state index in [-0.39, 0.29) is 66.7 Å². The Hall–Kier alpha value is -0.840. The molecule has 21 heteroatoms. The Kier molecular flexibility index (Phi) is 60.3. The van der Waals surface area contributed by atoms with E-state index in [1.54, 1.807) is 0 Å². The van der Waals surface area contributed by atoms with Crippen molar-refractivity contribution in [2.75, 3.05) is 165 Å². The van der Waals surface area contributed by atoms with Crippen LogP contribution >= 0.6 is 0 Å². The van der Waals surface area contributed by atoms with Crippen LogP contribution in [-0.2, 0) is 66.3 Å². The van der Waals surface area contributed by atoms with Crippen molar-refractivity contribution in [3.63, 3.8) is 0 Å². The summed E-state index contributed by atoms with van der Waals surface area (Å²) in [5, 5.41) is 0. The lowest BCUT2D eigenvalue weighted by Gasteiger charge is -2.25. The van der Waals surface area contributed by atoms with Crippen LogP contribution in [0.3, 0.4) is 0 Å². The fraction of sp³-hybridized carbons (Fsp3) is 1.00. The molecule has 12 unspecified atom stereocenters. The second kappa shape index (κ2) is 59.3. The van der Waals surface area contributed by atoms with E-state index in [0.717, 1.165) is 77.2 Å². The van der Waals surface area contributed by atoms with E-state index in [1.807, 2.05) is 27.7 Å². The monoisotopic (exact) mass is 1130 g/mol. The molecule has 0 aromatic carbocycles. The van der Waals surface area contributed by atoms with Crippen molar-refractivity contribution < 1.29 is 66.3 Å². The number of nitrogens with two attached hydrogens (primary N) is 7. The van der Waals surface area contributed by atoms with Gasteiger partial charge in [-0.05, 0) is 70.8 Å². The molecule has 0 aromatic rings. The molecule has 0 radical (unpaired) electrons. The summed E-state index contributed by atoms with van der Waals surface area (Å²) in [6.07, 6.45) is 9.12. The van der Waals surface area contributed by atoms with E-state index in [9.17, 15) is 0 Å². The molecule has 0 saturated heterocycles. The Labute approximate surface area is 475 Å². The van der Waals surface area contributed by atoms with Gasteiger partial charge < -0.3 is 106 Å². The highest BCUT2D eigenvalue weighted by Gasteiger charge is 2.21. The van der Waals surface area contributed by atoms with E-state index in [2.05, 4.69) is 34.6 Å². The summed E-state index contributed by atoms with van der Waals surface area (Å²) >= 11 is 0. The fourth-order valence-electron chi connectivity index (χ4n) is 6.67. The van der Waals surface area contributed by atoms with Gasteiger partial charge >= 0.3 is 0 Å². The normalized spacial score (nSPS) is 16.6. The lowest BCUT2D eigenvalue weighted by atomic mass is 10.1. The number of hydrogen-bond donors (Lipinski definition) is 7. The van der Waals surface area contributed by atoms with Crippen molar-refractivity contribution in [1.82, 2.24) is 0 Å². The largest absolute Gasteiger partial charge is 0.380 e. The van der Waals surface area contributed by atoms with Crippen molar-refractivity contribution in [2.45, 2.75) is 194 Å². The third-order valence-electron chi connectivity index (χ3n) is 12.9. The molecule has 0 amide bonds. The first-order chi connectivity index (χ1) is 37.9. The van der Waals surface area contributed by atoms with Gasteiger partial charge in [0.05, 0.1) is 144 Å². The molecule has 0 aliphatic rings. The van der Waals surface area contributed by atoms with Crippen LogP contribution in [-0.4, -0.2) is 226 Å². The Morgan fingerprint density at radius 3 is 0.910 bits per heavy atom. The Morgan fingerprint density at radius 2 is 0.551 bits per heavy atom. The van der Waals surface area contributed by atoms with Gasteiger partial charge in [0.2, 0.25) is 0 Å². The molecule has 472 valence electrons. The van der Waals surface area contributed by atoms with E-state index < -0.39 is 0 Å². The summed E-state index contributed by atoms with van der Waals surface area (Å²) in [5.74, 6) is 0.556. The topological polar surface area (TPSA) is 311 Å². The van der Waals surface area contributed by atoms with Crippen LogP contribution in [0.5, 0.6) is 0 Å². The Bertz CT molecular complexity index is 1110. The van der Waals surface area contributed by atoms with Gasteiger partial charge in [0.25, 0.3) is 0 Å². The molecule has 0 aliphatic heterocycles. The molecule has 0 bridgehead atoms. The van der Waals surface area contributed by atoms with Gasteiger partial charge in [0.1, 0.15) is 24.4 Å². The summed E-state index contributed by atoms with van der Waals surface area (Å²) in [7, 11) is 0. The molecule has 21 nitrogen and oxygen atoms in total. The molecule has 0 aliphatic carbocycles. The molecule has 12 atom stereocenters. The van der Waals surface area contributed by atoms with Crippen LogP contribution in [0.15, 0.2) is 0 Å². The summed E-state index contributed by atoms with van der Waals surface area (Å²) in [6.45, 7) is 31.2. The number of unbranched alkanes of at least 4 members (excludes halogenated alkanes) is 1. The fourth-order valence-corrected chi connectivity index (χ4v) is 6.67. The first-order valence-electron chi connectivity index (χ1n) is 30.3. The smallest absolute Gasteiger partial charge is 0.104 e. The van der Waals surface area contributed by atoms with Crippen molar-refractivity contribution >= 4 is 0 Å². The molecule has 14 N–H and O–H groups in total. The molecule has 78 heavy (non-hydrogen) atoms. The van der Waals surface area contributed by atoms with Crippen molar-refractivity contribution in [1.29, 1.82) is 0 Å². The quantitative estimate of drug-likeness (QED) is 0.0418. The zero-order valence-corrected chi connectivity index (χ0v) is 51.1. The molecule has 0 rings (SSSR count). The SMILES string of the molecule is CCC(N)COCC(COCC(COCC(N)CC)OCC(N)CC)OCC(N)CC.CCCCOC(CC)COCC(COCC(COCC(CC)COCCN)OCC(CC)COCCN)OCC(CC)OCCCN. The highest BCUT2D eigenvalue weighted by atomic mass is 16.6. The summed E-state index contributed by atoms with van der Waals surface area (Å²) in [5.41, 5.74) is 40.6. The summed E-state index contributed by atoms with van der Waals surface area (Å²) < 4.78 is 83.5. The molecule has 0 spiro atoms. The minimum Gasteiger partial charge on any atom is -0.380 e. The van der Waals surface area contributed by atoms with Gasteiger partial charge in [-0.2, -0.15) is 0 Å². The third kappa shape index (κ3) is 49.7. The summed E-state index contributed by atoms with van der Waals surface area (Å²) in [6, 6.07) is 0.0182. The number of hydrogen-bond acceptors (Lipinski definition) is 21. The number of ether oxygens (including phenoxy) is 14. The zero-order chi connectivity index (χ0) is 58.3. The third-order valence-corrected chi connectivity index (χ3v) is 12.9. The maximum Gasteiger partial charge on any atom is 0.104 e. The second-order valence-electron chi connectivity index (χ2n) is 20.3. The van der Waals surface area contributed by atoms with E-state index in [0.29, 0.717) is 164 Å². The predicted molar refractivity (Wildman–Crippen MR) is 313 cm³/mol. The van der Waals surface area contributed by atoms with Crippen molar-refractivity contribution in [3.8, 4) is 0 Å². The van der Waals surface area contributed by atoms with Gasteiger partial charge in [-0.15, -0.1) is 0 Å². The van der Waals surface area contributed by atoms with Crippen LogP contribution in [0.4, 0.5) is 0 Å². The maximum absolute atomic E-state index is 6.34. The van der Waals surface area contributed by atoms with Crippen LogP contribution < -0.4 is 40.1 Å². The minimum atomic E-state index is -0.269. The average Bonchev–Trinajstić information content (AvgIpc) is 3.45. The van der Waals surface area contributed by atoms with Crippen LogP contribution in [0.1, 0.15) is 133 Å². The first kappa shape index (κ1) is 79.2. The number of rotatable bonds is 60. The lowest BCUT2D eigenvalue weighted by molar-refractivity contribution is -0.122. The lowest BCUT2D eigenvalue weighted by Crippen LogP contribution is -2.37. The van der Waals surface area contributed by atoms with Crippen LogP contribution in [0.2, 0.25) is 0 Å². The van der Waals surface area contributed by atoms with Crippen LogP contribution in [0.25, 0.3) is 0 Å². The second-order valence-corrected chi connectivity index (χ2v) is 20.3.